The van der Waals surface area contributed by atoms with E-state index in [1.54, 1.807) is 16.8 Å². The summed E-state index contributed by atoms with van der Waals surface area (Å²) in [6.45, 7) is 0.305. The molecule has 1 aromatic heterocycles. The summed E-state index contributed by atoms with van der Waals surface area (Å²) in [7, 11) is 0. The Kier molecular flexibility index (Phi) is 3.17. The average Bonchev–Trinajstić information content (AvgIpc) is 3.17. The van der Waals surface area contributed by atoms with Crippen molar-refractivity contribution >= 4 is 27.4 Å². The second-order valence-corrected chi connectivity index (χ2v) is 5.74. The molecule has 1 saturated carbocycles. The molecular weight excluding hydrogens is 326 g/mol. The Morgan fingerprint density at radius 1 is 1.50 bits per heavy atom. The molecule has 0 atom stereocenters. The maximum Gasteiger partial charge on any atom is 0.275 e. The van der Waals surface area contributed by atoms with Crippen molar-refractivity contribution in [1.29, 1.82) is 0 Å². The monoisotopic (exact) mass is 337 g/mol. The van der Waals surface area contributed by atoms with Crippen molar-refractivity contribution in [2.45, 2.75) is 25.3 Å². The first kappa shape index (κ1) is 13.0. The third-order valence-corrected chi connectivity index (χ3v) is 3.82. The largest absolute Gasteiger partial charge is 0.381 e. The Balaban J connectivity index is 1.97. The number of nitro groups is 1. The number of hydrogen-bond donors (Lipinski definition) is 1. The number of benzene rings is 1. The molecule has 0 amide bonds. The average molecular weight is 338 g/mol. The molecule has 1 aliphatic rings. The molecule has 104 valence electrons. The molecule has 7 nitrogen and oxygen atoms in total. The van der Waals surface area contributed by atoms with Crippen LogP contribution in [0.5, 0.6) is 0 Å². The summed E-state index contributed by atoms with van der Waals surface area (Å²) in [4.78, 5) is 10.7. The van der Waals surface area contributed by atoms with Crippen molar-refractivity contribution in [3.05, 3.63) is 44.0 Å². The molecule has 1 heterocycles. The molecule has 0 saturated heterocycles. The van der Waals surface area contributed by atoms with Crippen LogP contribution < -0.4 is 5.73 Å². The molecule has 0 spiro atoms. The molecule has 8 heteroatoms. The number of nitro benzene ring substituents is 1. The predicted octanol–water partition coefficient (Wildman–Crippen LogP) is 2.46. The fourth-order valence-corrected chi connectivity index (χ4v) is 2.58. The topological polar surface area (TPSA) is 99.9 Å². The molecular formula is C12H12BrN5O2. The van der Waals surface area contributed by atoms with Gasteiger partial charge >= 0.3 is 0 Å². The van der Waals surface area contributed by atoms with Crippen LogP contribution >= 0.6 is 15.9 Å². The van der Waals surface area contributed by atoms with Gasteiger partial charge < -0.3 is 5.73 Å². The second-order valence-electron chi connectivity index (χ2n) is 4.82. The Morgan fingerprint density at radius 3 is 2.90 bits per heavy atom. The minimum atomic E-state index is -0.392. The number of nitrogens with two attached hydrogens (primary N) is 1. The number of rotatable bonds is 4. The summed E-state index contributed by atoms with van der Waals surface area (Å²) in [6, 6.07) is 4.99. The number of anilines is 1. The van der Waals surface area contributed by atoms with Crippen LogP contribution in [0.1, 0.15) is 30.0 Å². The summed E-state index contributed by atoms with van der Waals surface area (Å²) in [5.41, 5.74) is 7.37. The fourth-order valence-electron chi connectivity index (χ4n) is 2.23. The van der Waals surface area contributed by atoms with Crippen LogP contribution in [-0.4, -0.2) is 19.9 Å². The van der Waals surface area contributed by atoms with Gasteiger partial charge in [0.25, 0.3) is 5.69 Å². The molecule has 1 fully saturated rings. The molecule has 1 aliphatic carbocycles. The maximum absolute atomic E-state index is 11.1. The quantitative estimate of drug-likeness (QED) is 0.682. The molecule has 0 bridgehead atoms. The maximum atomic E-state index is 11.1. The predicted molar refractivity (Wildman–Crippen MR) is 76.3 cm³/mol. The van der Waals surface area contributed by atoms with Gasteiger partial charge in [0.15, 0.2) is 5.82 Å². The molecule has 0 aliphatic heterocycles. The van der Waals surface area contributed by atoms with E-state index in [1.807, 2.05) is 0 Å². The smallest absolute Gasteiger partial charge is 0.275 e. The highest BCUT2D eigenvalue weighted by atomic mass is 79.9. The van der Waals surface area contributed by atoms with Gasteiger partial charge in [-0.05, 0) is 25.0 Å². The lowest BCUT2D eigenvalue weighted by molar-refractivity contribution is -0.385. The van der Waals surface area contributed by atoms with Crippen LogP contribution in [0, 0.1) is 10.1 Å². The van der Waals surface area contributed by atoms with Crippen LogP contribution in [0.3, 0.4) is 0 Å². The van der Waals surface area contributed by atoms with E-state index in [1.165, 1.54) is 6.07 Å². The summed E-state index contributed by atoms with van der Waals surface area (Å²) in [6.07, 6.45) is 2.14. The highest BCUT2D eigenvalue weighted by Crippen LogP contribution is 2.42. The van der Waals surface area contributed by atoms with Gasteiger partial charge in [-0.3, -0.25) is 10.1 Å². The van der Waals surface area contributed by atoms with Crippen LogP contribution in [0.25, 0.3) is 0 Å². The SMILES string of the molecule is Nc1nnn(Cc2ccc(Br)cc2[N+](=O)[O-])c1C1CC1. The molecule has 2 aromatic rings. The lowest BCUT2D eigenvalue weighted by Gasteiger charge is -2.07. The van der Waals surface area contributed by atoms with Gasteiger partial charge in [-0.2, -0.15) is 0 Å². The number of hydrogen-bond acceptors (Lipinski definition) is 5. The van der Waals surface area contributed by atoms with Gasteiger partial charge in [-0.1, -0.05) is 21.1 Å². The van der Waals surface area contributed by atoms with Gasteiger partial charge in [0.1, 0.15) is 0 Å². The Hall–Kier alpha value is -1.96. The molecule has 0 radical (unpaired) electrons. The van der Waals surface area contributed by atoms with E-state index in [2.05, 4.69) is 26.2 Å². The van der Waals surface area contributed by atoms with E-state index in [4.69, 9.17) is 5.73 Å². The van der Waals surface area contributed by atoms with Crippen molar-refractivity contribution in [1.82, 2.24) is 15.0 Å². The van der Waals surface area contributed by atoms with Gasteiger partial charge in [0.05, 0.1) is 22.7 Å². The van der Waals surface area contributed by atoms with Crippen molar-refractivity contribution in [2.75, 3.05) is 5.73 Å². The summed E-state index contributed by atoms with van der Waals surface area (Å²) >= 11 is 3.24. The highest BCUT2D eigenvalue weighted by molar-refractivity contribution is 9.10. The first-order valence-corrected chi connectivity index (χ1v) is 6.97. The zero-order valence-corrected chi connectivity index (χ0v) is 12.1. The Bertz CT molecular complexity index is 680. The van der Waals surface area contributed by atoms with E-state index in [0.29, 0.717) is 28.3 Å². The molecule has 1 aromatic carbocycles. The molecule has 0 unspecified atom stereocenters. The number of nitrogen functional groups attached to an aromatic ring is 1. The lowest BCUT2D eigenvalue weighted by atomic mass is 10.1. The summed E-state index contributed by atoms with van der Waals surface area (Å²) in [5.74, 6) is 0.812. The van der Waals surface area contributed by atoms with Crippen molar-refractivity contribution < 1.29 is 4.92 Å². The fraction of sp³-hybridized carbons (Fsp3) is 0.333. The van der Waals surface area contributed by atoms with Crippen molar-refractivity contribution in [3.63, 3.8) is 0 Å². The Labute approximate surface area is 123 Å². The van der Waals surface area contributed by atoms with Gasteiger partial charge in [0, 0.05) is 16.5 Å². The van der Waals surface area contributed by atoms with Crippen LogP contribution in [-0.2, 0) is 6.54 Å². The van der Waals surface area contributed by atoms with Crippen molar-refractivity contribution in [2.24, 2.45) is 0 Å². The highest BCUT2D eigenvalue weighted by Gasteiger charge is 2.31. The van der Waals surface area contributed by atoms with Crippen LogP contribution in [0.15, 0.2) is 22.7 Å². The minimum Gasteiger partial charge on any atom is -0.381 e. The normalized spacial score (nSPS) is 14.4. The molecule has 3 rings (SSSR count). The third kappa shape index (κ3) is 2.38. The zero-order chi connectivity index (χ0) is 14.3. The molecule has 20 heavy (non-hydrogen) atoms. The molecule has 2 N–H and O–H groups in total. The number of halogens is 1. The van der Waals surface area contributed by atoms with E-state index in [-0.39, 0.29) is 5.69 Å². The van der Waals surface area contributed by atoms with E-state index in [0.717, 1.165) is 18.5 Å². The number of aromatic nitrogens is 3. The summed E-state index contributed by atoms with van der Waals surface area (Å²) < 4.78 is 2.34. The standard InChI is InChI=1S/C12H12BrN5O2/c13-9-4-3-8(10(5-9)18(19)20)6-17-11(7-1-2-7)12(14)15-16-17/h3-5,7H,1-2,6,14H2. The second kappa shape index (κ2) is 4.86. The first-order valence-electron chi connectivity index (χ1n) is 6.18. The third-order valence-electron chi connectivity index (χ3n) is 3.33. The van der Waals surface area contributed by atoms with E-state index < -0.39 is 4.92 Å². The summed E-state index contributed by atoms with van der Waals surface area (Å²) in [5, 5.41) is 19.0. The van der Waals surface area contributed by atoms with Crippen LogP contribution in [0.2, 0.25) is 0 Å². The van der Waals surface area contributed by atoms with E-state index >= 15 is 0 Å². The Morgan fingerprint density at radius 2 is 2.25 bits per heavy atom. The lowest BCUT2D eigenvalue weighted by Crippen LogP contribution is -2.08. The van der Waals surface area contributed by atoms with Gasteiger partial charge in [0.2, 0.25) is 0 Å². The minimum absolute atomic E-state index is 0.0650. The first-order chi connectivity index (χ1) is 9.56. The van der Waals surface area contributed by atoms with Gasteiger partial charge in [-0.25, -0.2) is 4.68 Å². The zero-order valence-electron chi connectivity index (χ0n) is 10.5. The van der Waals surface area contributed by atoms with Crippen molar-refractivity contribution in [3.8, 4) is 0 Å². The van der Waals surface area contributed by atoms with Gasteiger partial charge in [-0.15, -0.1) is 5.10 Å². The van der Waals surface area contributed by atoms with Crippen LogP contribution in [0.4, 0.5) is 11.5 Å². The number of nitrogens with zero attached hydrogens (tertiary/aromatic N) is 4. The van der Waals surface area contributed by atoms with E-state index in [9.17, 15) is 10.1 Å².